The van der Waals surface area contributed by atoms with E-state index in [1.807, 2.05) is 18.2 Å². The SMILES string of the molecule is CCC12CCCN1c1cc(OCCc3ccc(Oc4ccc(Cl)c(C(F)(F)F)c4)cc3)nc(=O)n1CC2. The first kappa shape index (κ1) is 25.4. The summed E-state index contributed by atoms with van der Waals surface area (Å²) in [5.74, 6) is 1.65. The van der Waals surface area contributed by atoms with Gasteiger partial charge in [-0.05, 0) is 61.6 Å². The maximum absolute atomic E-state index is 13.1. The Hall–Kier alpha value is -3.20. The summed E-state index contributed by atoms with van der Waals surface area (Å²) in [7, 11) is 0. The van der Waals surface area contributed by atoms with Gasteiger partial charge in [0.15, 0.2) is 0 Å². The van der Waals surface area contributed by atoms with Gasteiger partial charge in [-0.15, -0.1) is 0 Å². The van der Waals surface area contributed by atoms with Crippen molar-refractivity contribution in [1.29, 1.82) is 0 Å². The fourth-order valence-corrected chi connectivity index (χ4v) is 5.54. The lowest BCUT2D eigenvalue weighted by Gasteiger charge is -2.44. The molecule has 1 aromatic heterocycles. The minimum absolute atomic E-state index is 0.0441. The Bertz CT molecular complexity index is 1340. The molecule has 2 aliphatic rings. The molecule has 1 unspecified atom stereocenters. The molecule has 0 spiro atoms. The van der Waals surface area contributed by atoms with Crippen molar-refractivity contribution in [3.05, 3.63) is 75.2 Å². The van der Waals surface area contributed by atoms with Gasteiger partial charge in [-0.25, -0.2) is 4.79 Å². The zero-order valence-electron chi connectivity index (χ0n) is 20.4. The van der Waals surface area contributed by atoms with E-state index in [9.17, 15) is 18.0 Å². The molecule has 3 aromatic rings. The Labute approximate surface area is 217 Å². The van der Waals surface area contributed by atoms with Crippen LogP contribution in [0.4, 0.5) is 19.0 Å². The smallest absolute Gasteiger partial charge is 0.417 e. The second-order valence-corrected chi connectivity index (χ2v) is 9.86. The molecule has 0 amide bonds. The number of rotatable bonds is 7. The highest BCUT2D eigenvalue weighted by Crippen LogP contribution is 2.42. The number of benzene rings is 2. The molecule has 1 atom stereocenters. The Morgan fingerprint density at radius 3 is 2.54 bits per heavy atom. The molecule has 2 aliphatic heterocycles. The number of halogens is 4. The summed E-state index contributed by atoms with van der Waals surface area (Å²) >= 11 is 5.66. The van der Waals surface area contributed by atoms with E-state index < -0.39 is 11.7 Å². The van der Waals surface area contributed by atoms with Crippen molar-refractivity contribution in [2.45, 2.75) is 57.3 Å². The Kier molecular flexibility index (Phi) is 6.83. The third kappa shape index (κ3) is 5.14. The normalized spacial score (nSPS) is 18.9. The molecule has 3 heterocycles. The van der Waals surface area contributed by atoms with E-state index in [4.69, 9.17) is 21.1 Å². The highest BCUT2D eigenvalue weighted by molar-refractivity contribution is 6.31. The van der Waals surface area contributed by atoms with Gasteiger partial charge in [0.05, 0.1) is 17.2 Å². The second-order valence-electron chi connectivity index (χ2n) is 9.45. The molecule has 10 heteroatoms. The summed E-state index contributed by atoms with van der Waals surface area (Å²) in [5.41, 5.74) is -0.170. The van der Waals surface area contributed by atoms with Gasteiger partial charge in [0.1, 0.15) is 17.3 Å². The van der Waals surface area contributed by atoms with E-state index in [-0.39, 0.29) is 22.0 Å². The van der Waals surface area contributed by atoms with E-state index in [1.54, 1.807) is 16.7 Å². The predicted molar refractivity (Wildman–Crippen MR) is 135 cm³/mol. The average Bonchev–Trinajstić information content (AvgIpc) is 3.31. The van der Waals surface area contributed by atoms with Crippen LogP contribution in [-0.2, 0) is 19.1 Å². The van der Waals surface area contributed by atoms with Gasteiger partial charge >= 0.3 is 11.9 Å². The van der Waals surface area contributed by atoms with Crippen LogP contribution in [-0.4, -0.2) is 28.2 Å². The molecular formula is C27H27ClF3N3O3. The van der Waals surface area contributed by atoms with E-state index in [0.717, 1.165) is 55.7 Å². The van der Waals surface area contributed by atoms with Gasteiger partial charge in [-0.1, -0.05) is 30.7 Å². The summed E-state index contributed by atoms with van der Waals surface area (Å²) < 4.78 is 52.4. The highest BCUT2D eigenvalue weighted by Gasteiger charge is 2.43. The number of ether oxygens (including phenoxy) is 2. The molecule has 1 fully saturated rings. The number of fused-ring (bicyclic) bond motifs is 3. The molecule has 1 saturated heterocycles. The minimum atomic E-state index is -4.56. The van der Waals surface area contributed by atoms with E-state index in [1.165, 1.54) is 6.07 Å². The van der Waals surface area contributed by atoms with Crippen LogP contribution in [0, 0.1) is 0 Å². The fourth-order valence-electron chi connectivity index (χ4n) is 5.32. The average molecular weight is 534 g/mol. The first-order valence-corrected chi connectivity index (χ1v) is 12.7. The fraction of sp³-hybridized carbons (Fsp3) is 0.407. The van der Waals surface area contributed by atoms with Crippen LogP contribution in [0.3, 0.4) is 0 Å². The van der Waals surface area contributed by atoms with Gasteiger partial charge < -0.3 is 14.4 Å². The topological polar surface area (TPSA) is 56.6 Å². The number of hydrogen-bond acceptors (Lipinski definition) is 5. The lowest BCUT2D eigenvalue weighted by atomic mass is 9.87. The van der Waals surface area contributed by atoms with Crippen LogP contribution in [0.2, 0.25) is 5.02 Å². The molecule has 6 nitrogen and oxygen atoms in total. The first-order chi connectivity index (χ1) is 17.7. The van der Waals surface area contributed by atoms with Crippen molar-refractivity contribution < 1.29 is 22.6 Å². The first-order valence-electron chi connectivity index (χ1n) is 12.3. The molecule has 2 aromatic carbocycles. The molecule has 0 saturated carbocycles. The molecule has 0 aliphatic carbocycles. The van der Waals surface area contributed by atoms with Gasteiger partial charge in [-0.2, -0.15) is 18.2 Å². The van der Waals surface area contributed by atoms with Gasteiger partial charge in [0.2, 0.25) is 5.88 Å². The van der Waals surface area contributed by atoms with Crippen molar-refractivity contribution in [2.75, 3.05) is 18.1 Å². The molecule has 0 radical (unpaired) electrons. The minimum Gasteiger partial charge on any atom is -0.477 e. The van der Waals surface area contributed by atoms with E-state index >= 15 is 0 Å². The number of nitrogens with zero attached hydrogens (tertiary/aromatic N) is 3. The molecular weight excluding hydrogens is 507 g/mol. The number of hydrogen-bond donors (Lipinski definition) is 0. The Balaban J connectivity index is 1.21. The lowest BCUT2D eigenvalue weighted by molar-refractivity contribution is -0.137. The Morgan fingerprint density at radius 2 is 1.81 bits per heavy atom. The second kappa shape index (κ2) is 9.93. The quantitative estimate of drug-likeness (QED) is 0.348. The van der Waals surface area contributed by atoms with E-state index in [2.05, 4.69) is 16.8 Å². The summed E-state index contributed by atoms with van der Waals surface area (Å²) in [6.45, 7) is 4.13. The molecule has 0 N–H and O–H groups in total. The predicted octanol–water partition coefficient (Wildman–Crippen LogP) is 6.48. The van der Waals surface area contributed by atoms with Gasteiger partial charge in [-0.3, -0.25) is 4.57 Å². The van der Waals surface area contributed by atoms with Crippen LogP contribution >= 0.6 is 11.6 Å². The van der Waals surface area contributed by atoms with Crippen molar-refractivity contribution >= 4 is 17.4 Å². The van der Waals surface area contributed by atoms with Crippen LogP contribution < -0.4 is 20.1 Å². The number of alkyl halides is 3. The van der Waals surface area contributed by atoms with Crippen molar-refractivity contribution in [3.63, 3.8) is 0 Å². The van der Waals surface area contributed by atoms with Crippen molar-refractivity contribution in [1.82, 2.24) is 9.55 Å². The summed E-state index contributed by atoms with van der Waals surface area (Å²) in [5, 5.41) is -0.378. The van der Waals surface area contributed by atoms with Crippen LogP contribution in [0.1, 0.15) is 43.7 Å². The Morgan fingerprint density at radius 1 is 1.05 bits per heavy atom. The molecule has 196 valence electrons. The standard InChI is InChI=1S/C27H27ClF3N3O3/c1-2-26-11-3-13-34(26)24-17-23(32-25(35)33(24)14-12-26)36-15-10-18-4-6-19(7-5-18)37-20-8-9-22(28)21(16-20)27(29,30)31/h4-9,16-17H,2-3,10-15H2,1H3. The summed E-state index contributed by atoms with van der Waals surface area (Å²) in [4.78, 5) is 19.1. The van der Waals surface area contributed by atoms with Crippen molar-refractivity contribution in [2.24, 2.45) is 0 Å². The lowest BCUT2D eigenvalue weighted by Crippen LogP contribution is -2.51. The van der Waals surface area contributed by atoms with Gasteiger partial charge in [0.25, 0.3) is 0 Å². The van der Waals surface area contributed by atoms with Crippen molar-refractivity contribution in [3.8, 4) is 17.4 Å². The molecule has 0 bridgehead atoms. The van der Waals surface area contributed by atoms with Crippen LogP contribution in [0.5, 0.6) is 17.4 Å². The van der Waals surface area contributed by atoms with Crippen LogP contribution in [0.25, 0.3) is 0 Å². The third-order valence-corrected chi connectivity index (χ3v) is 7.67. The zero-order chi connectivity index (χ0) is 26.2. The van der Waals surface area contributed by atoms with Crippen LogP contribution in [0.15, 0.2) is 53.3 Å². The zero-order valence-corrected chi connectivity index (χ0v) is 21.1. The third-order valence-electron chi connectivity index (χ3n) is 7.34. The largest absolute Gasteiger partial charge is 0.477 e. The molecule has 5 rings (SSSR count). The summed E-state index contributed by atoms with van der Waals surface area (Å²) in [6.07, 6.45) is 0.244. The molecule has 37 heavy (non-hydrogen) atoms. The maximum Gasteiger partial charge on any atom is 0.417 e. The van der Waals surface area contributed by atoms with Gasteiger partial charge in [0, 0.05) is 31.1 Å². The number of aromatic nitrogens is 2. The maximum atomic E-state index is 13.1. The number of anilines is 1. The summed E-state index contributed by atoms with van der Waals surface area (Å²) in [6, 6.07) is 12.3. The highest BCUT2D eigenvalue weighted by atomic mass is 35.5. The monoisotopic (exact) mass is 533 g/mol. The van der Waals surface area contributed by atoms with E-state index in [0.29, 0.717) is 31.2 Å².